The number of unbranched alkanes of at least 4 members (excludes halogenated alkanes) is 1. The Morgan fingerprint density at radius 2 is 1.27 bits per heavy atom. The topological polar surface area (TPSA) is 238 Å². The van der Waals surface area contributed by atoms with Crippen LogP contribution >= 0.6 is 0 Å². The lowest BCUT2D eigenvalue weighted by atomic mass is 9.91. The summed E-state index contributed by atoms with van der Waals surface area (Å²) in [7, 11) is 0. The highest BCUT2D eigenvalue weighted by Crippen LogP contribution is 2.27. The summed E-state index contributed by atoms with van der Waals surface area (Å²) >= 11 is 0. The Bertz CT molecular complexity index is 1780. The number of esters is 1. The first-order chi connectivity index (χ1) is 28.3. The van der Waals surface area contributed by atoms with E-state index in [0.717, 1.165) is 27.5 Å². The average Bonchev–Trinajstić information content (AvgIpc) is 3.66. The molecule has 0 saturated carbocycles. The van der Waals surface area contributed by atoms with Gasteiger partial charge in [-0.1, -0.05) is 19.9 Å². The number of ether oxygens (including phenoxy) is 1. The monoisotopic (exact) mass is 836 g/mol. The number of imide groups is 2. The summed E-state index contributed by atoms with van der Waals surface area (Å²) in [6.07, 6.45) is 7.94. The molecule has 3 atom stereocenters. The largest absolute Gasteiger partial charge is 0.506 e. The number of phenols is 1. The summed E-state index contributed by atoms with van der Waals surface area (Å²) in [4.78, 5) is 113. The average molecular weight is 837 g/mol. The van der Waals surface area contributed by atoms with Gasteiger partial charge in [0.25, 0.3) is 23.6 Å². The molecule has 60 heavy (non-hydrogen) atoms. The molecule has 1 aromatic carbocycles. The second kappa shape index (κ2) is 23.7. The second-order valence-corrected chi connectivity index (χ2v) is 16.3. The third-order valence-corrected chi connectivity index (χ3v) is 9.63. The van der Waals surface area contributed by atoms with Crippen molar-refractivity contribution in [2.45, 2.75) is 117 Å². The summed E-state index contributed by atoms with van der Waals surface area (Å²) in [5.74, 6) is -3.81. The van der Waals surface area contributed by atoms with E-state index in [2.05, 4.69) is 21.3 Å². The van der Waals surface area contributed by atoms with Gasteiger partial charge in [0.15, 0.2) is 0 Å². The lowest BCUT2D eigenvalue weighted by molar-refractivity contribution is -0.160. The van der Waals surface area contributed by atoms with Crippen LogP contribution in [0.4, 0.5) is 5.69 Å². The summed E-state index contributed by atoms with van der Waals surface area (Å²) in [6.45, 7) is 9.93. The van der Waals surface area contributed by atoms with Crippen LogP contribution in [-0.2, 0) is 54.3 Å². The first kappa shape index (κ1) is 48.5. The number of carbonyl (C=O) groups excluding carboxylic acids is 9. The molecule has 1 unspecified atom stereocenters. The molecule has 0 spiro atoms. The molecule has 1 aromatic rings. The fourth-order valence-corrected chi connectivity index (χ4v) is 6.62. The van der Waals surface area contributed by atoms with Gasteiger partial charge in [0.05, 0.1) is 11.6 Å². The number of phenolic OH excluding ortho intramolecular Hbond substituents is 1. The van der Waals surface area contributed by atoms with E-state index in [1.165, 1.54) is 18.2 Å². The van der Waals surface area contributed by atoms with Crippen LogP contribution in [0, 0.1) is 11.8 Å². The van der Waals surface area contributed by atoms with Crippen LogP contribution in [-0.4, -0.2) is 106 Å². The number of nitrogens with zero attached hydrogens (tertiary/aromatic N) is 2. The molecule has 2 aliphatic rings. The van der Waals surface area contributed by atoms with Crippen LogP contribution in [0.2, 0.25) is 0 Å². The van der Waals surface area contributed by atoms with E-state index >= 15 is 0 Å². The Labute approximate surface area is 351 Å². The van der Waals surface area contributed by atoms with Gasteiger partial charge in [-0.15, -0.1) is 0 Å². The van der Waals surface area contributed by atoms with E-state index in [0.29, 0.717) is 38.6 Å². The smallest absolute Gasteiger partial charge is 0.309 e. The van der Waals surface area contributed by atoms with Gasteiger partial charge in [-0.25, -0.2) is 0 Å². The van der Waals surface area contributed by atoms with Gasteiger partial charge in [0.1, 0.15) is 17.4 Å². The predicted octanol–water partition coefficient (Wildman–Crippen LogP) is 2.96. The maximum Gasteiger partial charge on any atom is 0.309 e. The van der Waals surface area contributed by atoms with E-state index in [1.807, 2.05) is 34.6 Å². The number of anilines is 1. The lowest BCUT2D eigenvalue weighted by Gasteiger charge is -2.23. The molecular weight excluding hydrogens is 777 g/mol. The van der Waals surface area contributed by atoms with Crippen molar-refractivity contribution in [2.75, 3.05) is 31.5 Å². The molecule has 17 nitrogen and oxygen atoms in total. The highest BCUT2D eigenvalue weighted by Gasteiger charge is 2.26. The van der Waals surface area contributed by atoms with Gasteiger partial charge in [-0.2, -0.15) is 0 Å². The standard InChI is InChI=1S/C43H60N6O11/c1-28(25-29(2)42(59)60-43(3,4)5)26-30-15-16-33(50)32(27-30)47-35(52)12-8-22-45-41(58)31(46-36(53)14-10-24-49-39(56)19-20-40(49)57)11-6-7-21-44-34(51)13-9-23-48-37(54)17-18-38(48)55/h15-20,27-29,31,50H,6-14,21-26H2,1-5H3,(H,44,51)(H,45,58)(H,46,53)(H,47,52)/t28-,29?,31+/m1/s1. The fraction of sp³-hybridized carbons (Fsp3) is 0.558. The molecule has 0 radical (unpaired) electrons. The van der Waals surface area contributed by atoms with Crippen LogP contribution in [0.15, 0.2) is 42.5 Å². The molecule has 3 rings (SSSR count). The van der Waals surface area contributed by atoms with E-state index in [4.69, 9.17) is 4.74 Å². The van der Waals surface area contributed by atoms with Crippen LogP contribution in [0.25, 0.3) is 0 Å². The number of hydrogen-bond acceptors (Lipinski definition) is 11. The molecule has 0 bridgehead atoms. The highest BCUT2D eigenvalue weighted by atomic mass is 16.6. The van der Waals surface area contributed by atoms with E-state index in [1.54, 1.807) is 12.1 Å². The van der Waals surface area contributed by atoms with Crippen LogP contribution in [0.3, 0.4) is 0 Å². The Morgan fingerprint density at radius 3 is 1.85 bits per heavy atom. The molecule has 17 heteroatoms. The molecule has 0 fully saturated rings. The quantitative estimate of drug-likeness (QED) is 0.0416. The van der Waals surface area contributed by atoms with Crippen LogP contribution in [0.1, 0.15) is 104 Å². The number of amides is 8. The first-order valence-electron chi connectivity index (χ1n) is 20.6. The van der Waals surface area contributed by atoms with Crippen molar-refractivity contribution in [1.82, 2.24) is 25.8 Å². The van der Waals surface area contributed by atoms with Crippen molar-refractivity contribution >= 4 is 58.9 Å². The molecule has 0 aliphatic carbocycles. The molecule has 2 heterocycles. The molecular formula is C43H60N6O11. The molecule has 328 valence electrons. The van der Waals surface area contributed by atoms with Crippen molar-refractivity contribution in [1.29, 1.82) is 0 Å². The van der Waals surface area contributed by atoms with Crippen LogP contribution < -0.4 is 21.3 Å². The number of benzene rings is 1. The van der Waals surface area contributed by atoms with Crippen molar-refractivity contribution in [2.24, 2.45) is 11.8 Å². The minimum Gasteiger partial charge on any atom is -0.506 e. The zero-order valence-electron chi connectivity index (χ0n) is 35.3. The maximum absolute atomic E-state index is 13.2. The molecule has 0 saturated heterocycles. The summed E-state index contributed by atoms with van der Waals surface area (Å²) in [5.41, 5.74) is 0.544. The fourth-order valence-electron chi connectivity index (χ4n) is 6.62. The lowest BCUT2D eigenvalue weighted by Crippen LogP contribution is -2.47. The Kier molecular flexibility index (Phi) is 19.1. The zero-order chi connectivity index (χ0) is 44.4. The first-order valence-corrected chi connectivity index (χ1v) is 20.6. The molecule has 2 aliphatic heterocycles. The third kappa shape index (κ3) is 17.2. The van der Waals surface area contributed by atoms with Gasteiger partial charge < -0.3 is 31.1 Å². The minimum absolute atomic E-state index is 0.0226. The number of hydrogen-bond donors (Lipinski definition) is 5. The number of nitrogens with one attached hydrogen (secondary N) is 4. The number of aromatic hydroxyl groups is 1. The second-order valence-electron chi connectivity index (χ2n) is 16.3. The molecule has 5 N–H and O–H groups in total. The van der Waals surface area contributed by atoms with Crippen molar-refractivity contribution in [3.63, 3.8) is 0 Å². The SMILES string of the molecule is CC(C[C@@H](C)Cc1ccc(O)c(NC(=O)CCCNC(=O)[C@H](CCCCNC(=O)CCCN2C(=O)C=CC2=O)NC(=O)CCCN2C(=O)C=CC2=O)c1)C(=O)OC(C)(C)C. The van der Waals surface area contributed by atoms with Gasteiger partial charge in [0.2, 0.25) is 23.6 Å². The zero-order valence-corrected chi connectivity index (χ0v) is 35.3. The van der Waals surface area contributed by atoms with Gasteiger partial charge >= 0.3 is 5.97 Å². The molecule has 8 amide bonds. The van der Waals surface area contributed by atoms with Gasteiger partial charge in [0, 0.05) is 69.7 Å². The highest BCUT2D eigenvalue weighted by molar-refractivity contribution is 6.13. The van der Waals surface area contributed by atoms with E-state index < -0.39 is 47.1 Å². The van der Waals surface area contributed by atoms with Crippen LogP contribution in [0.5, 0.6) is 5.75 Å². The van der Waals surface area contributed by atoms with Crippen molar-refractivity contribution < 1.29 is 53.0 Å². The minimum atomic E-state index is -0.933. The number of rotatable bonds is 25. The maximum atomic E-state index is 13.2. The Morgan fingerprint density at radius 1 is 0.717 bits per heavy atom. The summed E-state index contributed by atoms with van der Waals surface area (Å²) in [5, 5.41) is 21.4. The molecule has 0 aromatic heterocycles. The predicted molar refractivity (Wildman–Crippen MR) is 220 cm³/mol. The van der Waals surface area contributed by atoms with Gasteiger partial charge in [-0.05, 0) is 95.8 Å². The summed E-state index contributed by atoms with van der Waals surface area (Å²) in [6, 6.07) is 4.03. The number of carbonyl (C=O) groups is 9. The Hall–Kier alpha value is -5.87. The van der Waals surface area contributed by atoms with E-state index in [9.17, 15) is 48.3 Å². The van der Waals surface area contributed by atoms with Crippen molar-refractivity contribution in [3.05, 3.63) is 48.1 Å². The Balaban J connectivity index is 1.44. The van der Waals surface area contributed by atoms with Gasteiger partial charge in [-0.3, -0.25) is 53.0 Å². The third-order valence-electron chi connectivity index (χ3n) is 9.63. The van der Waals surface area contributed by atoms with Crippen molar-refractivity contribution in [3.8, 4) is 5.75 Å². The van der Waals surface area contributed by atoms with E-state index in [-0.39, 0.29) is 99.2 Å². The summed E-state index contributed by atoms with van der Waals surface area (Å²) < 4.78 is 5.49. The normalized spacial score (nSPS) is 15.2.